The van der Waals surface area contributed by atoms with Gasteiger partial charge in [0.2, 0.25) is 0 Å². The summed E-state index contributed by atoms with van der Waals surface area (Å²) in [5.41, 5.74) is 5.37. The molecular formula is C10H19NO3. The van der Waals surface area contributed by atoms with Crippen molar-refractivity contribution in [3.05, 3.63) is 0 Å². The van der Waals surface area contributed by atoms with Gasteiger partial charge in [-0.05, 0) is 27.2 Å². The van der Waals surface area contributed by atoms with E-state index in [2.05, 4.69) is 0 Å². The molecule has 2 N–H and O–H groups in total. The van der Waals surface area contributed by atoms with Gasteiger partial charge in [0.25, 0.3) is 0 Å². The Hall–Kier alpha value is -0.610. The lowest BCUT2D eigenvalue weighted by Gasteiger charge is -2.30. The third kappa shape index (κ3) is 3.27. The van der Waals surface area contributed by atoms with Crippen molar-refractivity contribution < 1.29 is 14.3 Å². The second kappa shape index (κ2) is 4.28. The smallest absolute Gasteiger partial charge is 0.313 e. The molecule has 82 valence electrons. The number of nitrogens with two attached hydrogens (primary N) is 1. The van der Waals surface area contributed by atoms with Crippen LogP contribution in [0.3, 0.4) is 0 Å². The van der Waals surface area contributed by atoms with E-state index in [0.29, 0.717) is 13.2 Å². The molecule has 1 saturated heterocycles. The minimum absolute atomic E-state index is 0.126. The maximum atomic E-state index is 11.6. The largest absolute Gasteiger partial charge is 0.460 e. The summed E-state index contributed by atoms with van der Waals surface area (Å²) in [6.45, 7) is 6.57. The van der Waals surface area contributed by atoms with E-state index in [0.717, 1.165) is 6.42 Å². The number of hydrogen-bond acceptors (Lipinski definition) is 4. The molecule has 0 unspecified atom stereocenters. The summed E-state index contributed by atoms with van der Waals surface area (Å²) in [6.07, 6.45) is 0.726. The summed E-state index contributed by atoms with van der Waals surface area (Å²) >= 11 is 0. The van der Waals surface area contributed by atoms with Gasteiger partial charge in [-0.2, -0.15) is 0 Å². The maximum absolute atomic E-state index is 11.6. The van der Waals surface area contributed by atoms with E-state index in [9.17, 15) is 4.79 Å². The lowest BCUT2D eigenvalue weighted by molar-refractivity contribution is -0.165. The molecule has 4 heteroatoms. The van der Waals surface area contributed by atoms with E-state index in [1.54, 1.807) is 0 Å². The summed E-state index contributed by atoms with van der Waals surface area (Å²) in [7, 11) is 0. The molecule has 0 radical (unpaired) electrons. The van der Waals surface area contributed by atoms with Crippen LogP contribution < -0.4 is 5.73 Å². The summed E-state index contributed by atoms with van der Waals surface area (Å²) < 4.78 is 10.5. The summed E-state index contributed by atoms with van der Waals surface area (Å²) in [6, 6.07) is -0.126. The monoisotopic (exact) mass is 201 g/mol. The predicted molar refractivity (Wildman–Crippen MR) is 52.7 cm³/mol. The molecule has 0 aliphatic carbocycles. The van der Waals surface area contributed by atoms with Crippen LogP contribution >= 0.6 is 0 Å². The van der Waals surface area contributed by atoms with Crippen molar-refractivity contribution in [2.24, 2.45) is 11.7 Å². The van der Waals surface area contributed by atoms with Crippen molar-refractivity contribution in [1.29, 1.82) is 0 Å². The molecule has 1 fully saturated rings. The summed E-state index contributed by atoms with van der Waals surface area (Å²) in [5, 5.41) is 0. The second-order valence-corrected chi connectivity index (χ2v) is 4.67. The molecule has 0 aromatic rings. The third-order valence-electron chi connectivity index (χ3n) is 2.12. The Morgan fingerprint density at radius 3 is 2.64 bits per heavy atom. The highest BCUT2D eigenvalue weighted by atomic mass is 16.6. The second-order valence-electron chi connectivity index (χ2n) is 4.67. The van der Waals surface area contributed by atoms with Gasteiger partial charge in [0, 0.05) is 12.6 Å². The topological polar surface area (TPSA) is 61.5 Å². The highest BCUT2D eigenvalue weighted by Crippen LogP contribution is 2.18. The Bertz CT molecular complexity index is 210. The van der Waals surface area contributed by atoms with Crippen LogP contribution in [0.25, 0.3) is 0 Å². The van der Waals surface area contributed by atoms with Crippen molar-refractivity contribution in [1.82, 2.24) is 0 Å². The zero-order valence-electron chi connectivity index (χ0n) is 9.08. The van der Waals surface area contributed by atoms with E-state index in [1.165, 1.54) is 0 Å². The lowest BCUT2D eigenvalue weighted by Crippen LogP contribution is -2.45. The normalized spacial score (nSPS) is 28.6. The van der Waals surface area contributed by atoms with E-state index in [1.807, 2.05) is 20.8 Å². The third-order valence-corrected chi connectivity index (χ3v) is 2.12. The van der Waals surface area contributed by atoms with Gasteiger partial charge in [-0.25, -0.2) is 0 Å². The Labute approximate surface area is 84.7 Å². The summed E-state index contributed by atoms with van der Waals surface area (Å²) in [4.78, 5) is 11.6. The lowest BCUT2D eigenvalue weighted by atomic mass is 9.96. The molecule has 0 aromatic carbocycles. The van der Waals surface area contributed by atoms with Crippen LogP contribution in [0.4, 0.5) is 0 Å². The van der Waals surface area contributed by atoms with Gasteiger partial charge in [0.05, 0.1) is 12.5 Å². The molecular weight excluding hydrogens is 182 g/mol. The number of ether oxygens (including phenoxy) is 2. The first-order valence-electron chi connectivity index (χ1n) is 4.96. The van der Waals surface area contributed by atoms with Crippen molar-refractivity contribution in [3.8, 4) is 0 Å². The number of esters is 1. The molecule has 1 aliphatic rings. The summed E-state index contributed by atoms with van der Waals surface area (Å²) in [5.74, 6) is -0.548. The number of carbonyl (C=O) groups is 1. The zero-order valence-corrected chi connectivity index (χ0v) is 9.08. The first kappa shape index (κ1) is 11.5. The highest BCUT2D eigenvalue weighted by Gasteiger charge is 2.32. The van der Waals surface area contributed by atoms with Gasteiger partial charge in [-0.1, -0.05) is 0 Å². The van der Waals surface area contributed by atoms with Crippen molar-refractivity contribution in [2.75, 3.05) is 13.2 Å². The number of carbonyl (C=O) groups excluding carboxylic acids is 1. The Balaban J connectivity index is 2.50. The van der Waals surface area contributed by atoms with Gasteiger partial charge in [0.15, 0.2) is 0 Å². The first-order valence-corrected chi connectivity index (χ1v) is 4.96. The fourth-order valence-electron chi connectivity index (χ4n) is 1.37. The van der Waals surface area contributed by atoms with Crippen LogP contribution in [0.2, 0.25) is 0 Å². The van der Waals surface area contributed by atoms with E-state index >= 15 is 0 Å². The minimum Gasteiger partial charge on any atom is -0.460 e. The zero-order chi connectivity index (χ0) is 10.8. The van der Waals surface area contributed by atoms with Crippen LogP contribution in [0.1, 0.15) is 27.2 Å². The molecule has 1 heterocycles. The van der Waals surface area contributed by atoms with Crippen LogP contribution in [-0.2, 0) is 14.3 Å². The Kier molecular flexibility index (Phi) is 3.50. The molecule has 0 saturated carbocycles. The first-order chi connectivity index (χ1) is 6.40. The van der Waals surface area contributed by atoms with Crippen molar-refractivity contribution >= 4 is 5.97 Å². The molecule has 1 rings (SSSR count). The Morgan fingerprint density at radius 2 is 2.14 bits per heavy atom. The SMILES string of the molecule is CC(C)(C)OC(=O)[C@H]1COCC[C@H]1N. The predicted octanol–water partition coefficient (Wildman–Crippen LogP) is 0.692. The fourth-order valence-corrected chi connectivity index (χ4v) is 1.37. The van der Waals surface area contributed by atoms with Crippen LogP contribution in [0.15, 0.2) is 0 Å². The molecule has 0 amide bonds. The molecule has 0 aromatic heterocycles. The molecule has 4 nitrogen and oxygen atoms in total. The average molecular weight is 201 g/mol. The van der Waals surface area contributed by atoms with Gasteiger partial charge >= 0.3 is 5.97 Å². The van der Waals surface area contributed by atoms with Gasteiger partial charge in [0.1, 0.15) is 5.60 Å². The van der Waals surface area contributed by atoms with Crippen LogP contribution in [-0.4, -0.2) is 30.8 Å². The molecule has 0 bridgehead atoms. The van der Waals surface area contributed by atoms with Crippen molar-refractivity contribution in [2.45, 2.75) is 38.8 Å². The molecule has 2 atom stereocenters. The van der Waals surface area contributed by atoms with Crippen LogP contribution in [0, 0.1) is 5.92 Å². The molecule has 1 aliphatic heterocycles. The van der Waals surface area contributed by atoms with Crippen molar-refractivity contribution in [3.63, 3.8) is 0 Å². The van der Waals surface area contributed by atoms with E-state index in [4.69, 9.17) is 15.2 Å². The Morgan fingerprint density at radius 1 is 1.50 bits per heavy atom. The van der Waals surface area contributed by atoms with Crippen LogP contribution in [0.5, 0.6) is 0 Å². The number of rotatable bonds is 1. The maximum Gasteiger partial charge on any atom is 0.313 e. The molecule has 0 spiro atoms. The minimum atomic E-state index is -0.450. The van der Waals surface area contributed by atoms with E-state index in [-0.39, 0.29) is 17.9 Å². The average Bonchev–Trinajstić information content (AvgIpc) is 2.01. The quantitative estimate of drug-likeness (QED) is 0.634. The fraction of sp³-hybridized carbons (Fsp3) is 0.900. The van der Waals surface area contributed by atoms with Gasteiger partial charge in [-0.3, -0.25) is 4.79 Å². The number of hydrogen-bond donors (Lipinski definition) is 1. The molecule has 14 heavy (non-hydrogen) atoms. The standard InChI is InChI=1S/C10H19NO3/c1-10(2,3)14-9(12)7-6-13-5-4-8(7)11/h7-8H,4-6,11H2,1-3H3/t7-,8+/m0/s1. The van der Waals surface area contributed by atoms with Gasteiger partial charge < -0.3 is 15.2 Å². The van der Waals surface area contributed by atoms with Gasteiger partial charge in [-0.15, -0.1) is 0 Å². The highest BCUT2D eigenvalue weighted by molar-refractivity contribution is 5.74. The van der Waals surface area contributed by atoms with E-state index < -0.39 is 5.60 Å².